The van der Waals surface area contributed by atoms with Gasteiger partial charge in [0.1, 0.15) is 17.6 Å². The molecule has 1 N–H and O–H groups in total. The second-order valence-corrected chi connectivity index (χ2v) is 7.17. The van der Waals surface area contributed by atoms with Gasteiger partial charge in [-0.1, -0.05) is 12.1 Å². The SMILES string of the molecule is COc1ccc([C@H](NC(=O)c2ccc3nc(C)c(C)nc3c2)c2nccn2C)cc1. The van der Waals surface area contributed by atoms with Crippen molar-refractivity contribution >= 4 is 16.9 Å². The minimum atomic E-state index is -0.412. The predicted molar refractivity (Wildman–Crippen MR) is 115 cm³/mol. The number of ether oxygens (including phenoxy) is 1. The van der Waals surface area contributed by atoms with Crippen molar-refractivity contribution < 1.29 is 9.53 Å². The maximum Gasteiger partial charge on any atom is 0.252 e. The first-order valence-corrected chi connectivity index (χ1v) is 9.63. The Morgan fingerprint density at radius 1 is 1.03 bits per heavy atom. The van der Waals surface area contributed by atoms with Crippen molar-refractivity contribution in [2.24, 2.45) is 7.05 Å². The minimum Gasteiger partial charge on any atom is -0.497 e. The summed E-state index contributed by atoms with van der Waals surface area (Å²) < 4.78 is 7.15. The fourth-order valence-corrected chi connectivity index (χ4v) is 3.33. The van der Waals surface area contributed by atoms with Gasteiger partial charge in [0, 0.05) is 25.0 Å². The molecule has 0 spiro atoms. The first-order valence-electron chi connectivity index (χ1n) is 9.63. The van der Waals surface area contributed by atoms with Crippen molar-refractivity contribution in [3.8, 4) is 5.75 Å². The number of rotatable bonds is 5. The maximum absolute atomic E-state index is 13.1. The molecule has 0 aliphatic heterocycles. The van der Waals surface area contributed by atoms with Gasteiger partial charge >= 0.3 is 0 Å². The van der Waals surface area contributed by atoms with E-state index in [1.807, 2.05) is 62.0 Å². The molecule has 2 heterocycles. The molecule has 0 saturated heterocycles. The van der Waals surface area contributed by atoms with E-state index in [1.165, 1.54) is 0 Å². The lowest BCUT2D eigenvalue weighted by atomic mass is 10.0. The number of imidazole rings is 1. The summed E-state index contributed by atoms with van der Waals surface area (Å²) in [5.41, 5.74) is 4.63. The summed E-state index contributed by atoms with van der Waals surface area (Å²) in [5, 5.41) is 3.11. The zero-order chi connectivity index (χ0) is 21.3. The first kappa shape index (κ1) is 19.6. The van der Waals surface area contributed by atoms with Crippen molar-refractivity contribution in [3.05, 3.63) is 83.2 Å². The molecule has 0 aliphatic rings. The molecule has 2 aromatic heterocycles. The fourth-order valence-electron chi connectivity index (χ4n) is 3.33. The first-order chi connectivity index (χ1) is 14.5. The van der Waals surface area contributed by atoms with E-state index in [0.717, 1.165) is 34.0 Å². The smallest absolute Gasteiger partial charge is 0.252 e. The predicted octanol–water partition coefficient (Wildman–Crippen LogP) is 3.51. The van der Waals surface area contributed by atoms with E-state index < -0.39 is 6.04 Å². The normalized spacial score (nSPS) is 12.0. The summed E-state index contributed by atoms with van der Waals surface area (Å²) in [6, 6.07) is 12.5. The van der Waals surface area contributed by atoms with Gasteiger partial charge in [0.05, 0.1) is 29.5 Å². The molecule has 1 atom stereocenters. The van der Waals surface area contributed by atoms with Gasteiger partial charge in [0.2, 0.25) is 0 Å². The van der Waals surface area contributed by atoms with Crippen LogP contribution in [0.3, 0.4) is 0 Å². The second kappa shape index (κ2) is 7.94. The average molecular weight is 401 g/mol. The molecule has 0 bridgehead atoms. The average Bonchev–Trinajstić information content (AvgIpc) is 3.18. The summed E-state index contributed by atoms with van der Waals surface area (Å²) in [6.07, 6.45) is 3.57. The summed E-state index contributed by atoms with van der Waals surface area (Å²) >= 11 is 0. The van der Waals surface area contributed by atoms with Crippen LogP contribution < -0.4 is 10.1 Å². The van der Waals surface area contributed by atoms with Crippen LogP contribution in [0, 0.1) is 13.8 Å². The van der Waals surface area contributed by atoms with Gasteiger partial charge in [-0.05, 0) is 49.7 Å². The van der Waals surface area contributed by atoms with Gasteiger partial charge in [0.15, 0.2) is 0 Å². The Hall–Kier alpha value is -3.74. The number of fused-ring (bicyclic) bond motifs is 1. The molecule has 4 aromatic rings. The number of carbonyl (C=O) groups excluding carboxylic acids is 1. The van der Waals surface area contributed by atoms with Gasteiger partial charge in [-0.25, -0.2) is 15.0 Å². The van der Waals surface area contributed by atoms with Crippen LogP contribution in [-0.4, -0.2) is 32.5 Å². The van der Waals surface area contributed by atoms with Crippen LogP contribution in [0.1, 0.15) is 39.2 Å². The van der Waals surface area contributed by atoms with Gasteiger partial charge < -0.3 is 14.6 Å². The highest BCUT2D eigenvalue weighted by Crippen LogP contribution is 2.24. The molecule has 2 aromatic carbocycles. The largest absolute Gasteiger partial charge is 0.497 e. The summed E-state index contributed by atoms with van der Waals surface area (Å²) in [6.45, 7) is 3.84. The maximum atomic E-state index is 13.1. The number of carbonyl (C=O) groups is 1. The van der Waals surface area contributed by atoms with Crippen molar-refractivity contribution in [2.45, 2.75) is 19.9 Å². The lowest BCUT2D eigenvalue weighted by molar-refractivity contribution is 0.0941. The Bertz CT molecular complexity index is 1210. The zero-order valence-corrected chi connectivity index (χ0v) is 17.4. The lowest BCUT2D eigenvalue weighted by Crippen LogP contribution is -2.31. The Kier molecular flexibility index (Phi) is 5.18. The topological polar surface area (TPSA) is 81.9 Å². The number of nitrogens with one attached hydrogen (secondary N) is 1. The van der Waals surface area contributed by atoms with E-state index in [-0.39, 0.29) is 5.91 Å². The molecule has 7 heteroatoms. The van der Waals surface area contributed by atoms with Crippen molar-refractivity contribution in [3.63, 3.8) is 0 Å². The highest BCUT2D eigenvalue weighted by molar-refractivity contribution is 5.97. The van der Waals surface area contributed by atoms with Crippen molar-refractivity contribution in [2.75, 3.05) is 7.11 Å². The van der Waals surface area contributed by atoms with Crippen LogP contribution in [0.25, 0.3) is 11.0 Å². The highest BCUT2D eigenvalue weighted by Gasteiger charge is 2.22. The quantitative estimate of drug-likeness (QED) is 0.553. The molecule has 7 nitrogen and oxygen atoms in total. The van der Waals surface area contributed by atoms with Crippen LogP contribution in [0.5, 0.6) is 5.75 Å². The molecule has 1 amide bonds. The van der Waals surface area contributed by atoms with E-state index in [4.69, 9.17) is 4.74 Å². The summed E-state index contributed by atoms with van der Waals surface area (Å²) in [4.78, 5) is 26.7. The van der Waals surface area contributed by atoms with Gasteiger partial charge in [-0.2, -0.15) is 0 Å². The van der Waals surface area contributed by atoms with E-state index in [2.05, 4.69) is 20.3 Å². The summed E-state index contributed by atoms with van der Waals surface area (Å²) in [5.74, 6) is 1.28. The van der Waals surface area contributed by atoms with Gasteiger partial charge in [-0.3, -0.25) is 4.79 Å². The number of benzene rings is 2. The van der Waals surface area contributed by atoms with Crippen LogP contribution in [0.2, 0.25) is 0 Å². The van der Waals surface area contributed by atoms with Crippen LogP contribution in [-0.2, 0) is 7.05 Å². The number of methoxy groups -OCH3 is 1. The van der Waals surface area contributed by atoms with Crippen LogP contribution in [0.15, 0.2) is 54.9 Å². The third kappa shape index (κ3) is 3.74. The molecule has 0 saturated carbocycles. The number of aryl methyl sites for hydroxylation is 3. The van der Waals surface area contributed by atoms with Crippen LogP contribution in [0.4, 0.5) is 0 Å². The second-order valence-electron chi connectivity index (χ2n) is 7.17. The Balaban J connectivity index is 1.68. The monoisotopic (exact) mass is 401 g/mol. The number of aromatic nitrogens is 4. The van der Waals surface area contributed by atoms with Crippen molar-refractivity contribution in [1.82, 2.24) is 24.8 Å². The Morgan fingerprint density at radius 3 is 2.37 bits per heavy atom. The van der Waals surface area contributed by atoms with Gasteiger partial charge in [0.25, 0.3) is 5.91 Å². The number of hydrogen-bond donors (Lipinski definition) is 1. The third-order valence-electron chi connectivity index (χ3n) is 5.18. The van der Waals surface area contributed by atoms with Gasteiger partial charge in [-0.15, -0.1) is 0 Å². The number of hydrogen-bond acceptors (Lipinski definition) is 5. The molecule has 0 fully saturated rings. The molecular formula is C23H23N5O2. The minimum absolute atomic E-state index is 0.208. The van der Waals surface area contributed by atoms with E-state index in [9.17, 15) is 4.79 Å². The molecular weight excluding hydrogens is 378 g/mol. The summed E-state index contributed by atoms with van der Waals surface area (Å²) in [7, 11) is 3.53. The van der Waals surface area contributed by atoms with E-state index in [1.54, 1.807) is 25.4 Å². The third-order valence-corrected chi connectivity index (χ3v) is 5.18. The molecule has 0 aliphatic carbocycles. The van der Waals surface area contributed by atoms with E-state index >= 15 is 0 Å². The number of nitrogens with zero attached hydrogens (tertiary/aromatic N) is 4. The van der Waals surface area contributed by atoms with E-state index in [0.29, 0.717) is 11.1 Å². The lowest BCUT2D eigenvalue weighted by Gasteiger charge is -2.19. The van der Waals surface area contributed by atoms with Crippen molar-refractivity contribution in [1.29, 1.82) is 0 Å². The van der Waals surface area contributed by atoms with Crippen LogP contribution >= 0.6 is 0 Å². The Morgan fingerprint density at radius 2 is 1.73 bits per heavy atom. The molecule has 30 heavy (non-hydrogen) atoms. The molecule has 4 rings (SSSR count). The fraction of sp³-hybridized carbons (Fsp3) is 0.217. The molecule has 0 unspecified atom stereocenters. The zero-order valence-electron chi connectivity index (χ0n) is 17.4. The highest BCUT2D eigenvalue weighted by atomic mass is 16.5. The molecule has 0 radical (unpaired) electrons. The standard InChI is InChI=1S/C23H23N5O2/c1-14-15(2)26-20-13-17(7-10-19(20)25-14)23(29)27-21(22-24-11-12-28(22)3)16-5-8-18(30-4)9-6-16/h5-13,21H,1-4H3,(H,27,29)/t21-/m0/s1. The Labute approximate surface area is 174 Å². The number of amides is 1. The molecule has 152 valence electrons.